The lowest BCUT2D eigenvalue weighted by Crippen LogP contribution is -2.18. The fourth-order valence-electron chi connectivity index (χ4n) is 2.15. The first kappa shape index (κ1) is 16.3. The molecule has 3 aromatic heterocycles. The van der Waals surface area contributed by atoms with Gasteiger partial charge in [0.15, 0.2) is 0 Å². The summed E-state index contributed by atoms with van der Waals surface area (Å²) in [4.78, 5) is 30.3. The lowest BCUT2D eigenvalue weighted by molar-refractivity contribution is 1.00. The number of pyridine rings is 1. The summed E-state index contributed by atoms with van der Waals surface area (Å²) in [5.41, 5.74) is 2.59. The van der Waals surface area contributed by atoms with Crippen molar-refractivity contribution in [2.45, 2.75) is 12.2 Å². The van der Waals surface area contributed by atoms with Gasteiger partial charge in [0.2, 0.25) is 5.95 Å². The van der Waals surface area contributed by atoms with Crippen molar-refractivity contribution in [2.75, 3.05) is 17.6 Å². The topological polar surface area (TPSA) is 99.3 Å². The molecule has 3 heterocycles. The van der Waals surface area contributed by atoms with Gasteiger partial charge in [-0.05, 0) is 11.6 Å². The molecule has 0 aliphatic rings. The molecule has 0 radical (unpaired) electrons. The monoisotopic (exact) mass is 342 g/mol. The highest BCUT2D eigenvalue weighted by Crippen LogP contribution is 2.09. The molecule has 24 heavy (non-hydrogen) atoms. The smallest absolute Gasteiger partial charge is 0.255 e. The second-order valence-corrected chi connectivity index (χ2v) is 6.29. The molecule has 3 aromatic rings. The molecule has 7 nitrogen and oxygen atoms in total. The Morgan fingerprint density at radius 2 is 2.17 bits per heavy atom. The number of hydrogen-bond donors (Lipinski definition) is 3. The summed E-state index contributed by atoms with van der Waals surface area (Å²) in [7, 11) is 0. The Balaban J connectivity index is 1.47. The second-order valence-electron chi connectivity index (χ2n) is 5.18. The number of hydrogen-bond acceptors (Lipinski definition) is 6. The molecule has 8 heteroatoms. The summed E-state index contributed by atoms with van der Waals surface area (Å²) in [6.07, 6.45) is 9.10. The molecule has 124 valence electrons. The summed E-state index contributed by atoms with van der Waals surface area (Å²) in [5.74, 6) is 2.28. The Labute approximate surface area is 143 Å². The Morgan fingerprint density at radius 3 is 2.92 bits per heavy atom. The summed E-state index contributed by atoms with van der Waals surface area (Å²) in [6, 6.07) is 3.79. The van der Waals surface area contributed by atoms with E-state index in [0.717, 1.165) is 29.3 Å². The van der Waals surface area contributed by atoms with E-state index in [1.54, 1.807) is 36.7 Å². The minimum absolute atomic E-state index is 0.124. The number of aromatic amines is 2. The molecule has 0 atom stereocenters. The van der Waals surface area contributed by atoms with E-state index in [4.69, 9.17) is 0 Å². The fraction of sp³-hybridized carbons (Fsp3) is 0.250. The highest BCUT2D eigenvalue weighted by Gasteiger charge is 2.04. The molecule has 3 rings (SSSR count). The van der Waals surface area contributed by atoms with Crippen LogP contribution in [-0.2, 0) is 12.2 Å². The van der Waals surface area contributed by atoms with Gasteiger partial charge in [0.25, 0.3) is 5.56 Å². The van der Waals surface area contributed by atoms with Crippen LogP contribution in [0.4, 0.5) is 5.95 Å². The highest BCUT2D eigenvalue weighted by atomic mass is 32.2. The minimum atomic E-state index is -0.124. The maximum Gasteiger partial charge on any atom is 0.255 e. The number of nitrogens with one attached hydrogen (secondary N) is 3. The van der Waals surface area contributed by atoms with E-state index in [1.165, 1.54) is 0 Å². The SMILES string of the molecule is O=c1[nH]c(NCCSCc2cnc[nH]2)ncc1Cc1cccnc1. The van der Waals surface area contributed by atoms with Crippen LogP contribution in [0.1, 0.15) is 16.8 Å². The average molecular weight is 342 g/mol. The fourth-order valence-corrected chi connectivity index (χ4v) is 2.92. The lowest BCUT2D eigenvalue weighted by atomic mass is 10.1. The van der Waals surface area contributed by atoms with Crippen molar-refractivity contribution in [2.24, 2.45) is 0 Å². The van der Waals surface area contributed by atoms with E-state index in [0.29, 0.717) is 17.9 Å². The summed E-state index contributed by atoms with van der Waals surface area (Å²) < 4.78 is 0. The van der Waals surface area contributed by atoms with Gasteiger partial charge >= 0.3 is 0 Å². The maximum absolute atomic E-state index is 12.1. The third-order valence-corrected chi connectivity index (χ3v) is 4.35. The number of imidazole rings is 1. The van der Waals surface area contributed by atoms with Crippen molar-refractivity contribution < 1.29 is 0 Å². The molecule has 3 N–H and O–H groups in total. The zero-order chi connectivity index (χ0) is 16.6. The summed E-state index contributed by atoms with van der Waals surface area (Å²) >= 11 is 1.78. The standard InChI is InChI=1S/C16H18N6OS/c23-15-13(6-12-2-1-3-17-7-12)8-20-16(22-15)19-4-5-24-10-14-9-18-11-21-14/h1-3,7-9,11H,4-6,10H2,(H,18,21)(H2,19,20,22,23). The van der Waals surface area contributed by atoms with Crippen LogP contribution in [0.25, 0.3) is 0 Å². The van der Waals surface area contributed by atoms with E-state index in [1.807, 2.05) is 18.3 Å². The van der Waals surface area contributed by atoms with E-state index >= 15 is 0 Å². The number of rotatable bonds is 8. The van der Waals surface area contributed by atoms with Gasteiger partial charge in [-0.1, -0.05) is 6.07 Å². The third kappa shape index (κ3) is 4.69. The highest BCUT2D eigenvalue weighted by molar-refractivity contribution is 7.98. The van der Waals surface area contributed by atoms with Crippen LogP contribution in [0.3, 0.4) is 0 Å². The van der Waals surface area contributed by atoms with Crippen molar-refractivity contribution >= 4 is 17.7 Å². The molecule has 0 amide bonds. The Morgan fingerprint density at radius 1 is 1.21 bits per heavy atom. The van der Waals surface area contributed by atoms with Crippen LogP contribution >= 0.6 is 11.8 Å². The van der Waals surface area contributed by atoms with Crippen LogP contribution < -0.4 is 10.9 Å². The van der Waals surface area contributed by atoms with Gasteiger partial charge in [-0.2, -0.15) is 11.8 Å². The van der Waals surface area contributed by atoms with Crippen molar-refractivity contribution in [3.63, 3.8) is 0 Å². The van der Waals surface area contributed by atoms with E-state index in [9.17, 15) is 4.79 Å². The lowest BCUT2D eigenvalue weighted by Gasteiger charge is -2.06. The molecular weight excluding hydrogens is 324 g/mol. The van der Waals surface area contributed by atoms with Crippen LogP contribution in [0, 0.1) is 0 Å². The van der Waals surface area contributed by atoms with Crippen molar-refractivity contribution in [3.8, 4) is 0 Å². The molecular formula is C16H18N6OS. The zero-order valence-corrected chi connectivity index (χ0v) is 13.8. The third-order valence-electron chi connectivity index (χ3n) is 3.34. The van der Waals surface area contributed by atoms with Crippen LogP contribution in [0.2, 0.25) is 0 Å². The summed E-state index contributed by atoms with van der Waals surface area (Å²) in [6.45, 7) is 0.726. The predicted molar refractivity (Wildman–Crippen MR) is 95.1 cm³/mol. The Kier molecular flexibility index (Phi) is 5.62. The van der Waals surface area contributed by atoms with Gasteiger partial charge in [0.05, 0.1) is 6.33 Å². The first-order chi connectivity index (χ1) is 11.8. The van der Waals surface area contributed by atoms with Crippen molar-refractivity contribution in [3.05, 3.63) is 70.4 Å². The number of aromatic nitrogens is 5. The molecule has 0 saturated heterocycles. The summed E-state index contributed by atoms with van der Waals surface area (Å²) in [5, 5.41) is 3.13. The van der Waals surface area contributed by atoms with Crippen LogP contribution in [0.15, 0.2) is 48.0 Å². The van der Waals surface area contributed by atoms with Gasteiger partial charge in [-0.3, -0.25) is 14.8 Å². The average Bonchev–Trinajstić information content (AvgIpc) is 3.11. The van der Waals surface area contributed by atoms with E-state index in [-0.39, 0.29) is 5.56 Å². The van der Waals surface area contributed by atoms with Crippen LogP contribution in [0.5, 0.6) is 0 Å². The Hall–Kier alpha value is -2.61. The van der Waals surface area contributed by atoms with Gasteiger partial charge in [0, 0.05) is 60.5 Å². The van der Waals surface area contributed by atoms with E-state index < -0.39 is 0 Å². The minimum Gasteiger partial charge on any atom is -0.355 e. The maximum atomic E-state index is 12.1. The molecule has 0 aromatic carbocycles. The van der Waals surface area contributed by atoms with Gasteiger partial charge in [-0.15, -0.1) is 0 Å². The largest absolute Gasteiger partial charge is 0.355 e. The van der Waals surface area contributed by atoms with Crippen molar-refractivity contribution in [1.82, 2.24) is 24.9 Å². The molecule has 0 aliphatic carbocycles. The molecule has 0 bridgehead atoms. The molecule has 0 aliphatic heterocycles. The Bertz CT molecular complexity index is 803. The predicted octanol–water partition coefficient (Wildman–Crippen LogP) is 1.82. The van der Waals surface area contributed by atoms with Gasteiger partial charge in [-0.25, -0.2) is 9.97 Å². The molecule has 0 saturated carbocycles. The molecule has 0 fully saturated rings. The number of H-pyrrole nitrogens is 2. The molecule has 0 spiro atoms. The normalized spacial score (nSPS) is 10.7. The quantitative estimate of drug-likeness (QED) is 0.540. The van der Waals surface area contributed by atoms with E-state index in [2.05, 4.69) is 30.2 Å². The first-order valence-electron chi connectivity index (χ1n) is 7.57. The van der Waals surface area contributed by atoms with Crippen molar-refractivity contribution in [1.29, 1.82) is 0 Å². The second kappa shape index (κ2) is 8.30. The van der Waals surface area contributed by atoms with Gasteiger partial charge < -0.3 is 10.3 Å². The first-order valence-corrected chi connectivity index (χ1v) is 8.73. The van der Waals surface area contributed by atoms with Crippen LogP contribution in [-0.4, -0.2) is 37.2 Å². The zero-order valence-electron chi connectivity index (χ0n) is 13.0. The number of thioether (sulfide) groups is 1. The number of anilines is 1. The number of nitrogens with zero attached hydrogens (tertiary/aromatic N) is 3. The van der Waals surface area contributed by atoms with Gasteiger partial charge in [0.1, 0.15) is 0 Å². The molecule has 0 unspecified atom stereocenters.